The van der Waals surface area contributed by atoms with Crippen molar-refractivity contribution in [2.24, 2.45) is 0 Å². The number of imidazole rings is 1. The normalized spacial score (nSPS) is 14.7. The molecule has 1 saturated heterocycles. The maximum atomic E-state index is 9.10. The number of hydrogen-bond acceptors (Lipinski definition) is 5. The highest BCUT2D eigenvalue weighted by molar-refractivity contribution is 6.27. The molecule has 8 nitrogen and oxygen atoms in total. The number of nitrogens with one attached hydrogen (secondary N) is 1. The number of nitrogens with zero attached hydrogens (tertiary/aromatic N) is 2. The molecule has 3 N–H and O–H groups in total. The van der Waals surface area contributed by atoms with Crippen molar-refractivity contribution in [2.45, 2.75) is 32.2 Å². The Balaban J connectivity index is 0.000000352. The summed E-state index contributed by atoms with van der Waals surface area (Å²) in [6.07, 6.45) is 2.36. The van der Waals surface area contributed by atoms with Crippen LogP contribution in [0.15, 0.2) is 24.3 Å². The van der Waals surface area contributed by atoms with Crippen molar-refractivity contribution in [1.82, 2.24) is 14.9 Å². The predicted octanol–water partition coefficient (Wildman–Crippen LogP) is 1.70. The van der Waals surface area contributed by atoms with Gasteiger partial charge in [0.15, 0.2) is 0 Å². The Morgan fingerprint density at radius 3 is 2.50 bits per heavy atom. The fourth-order valence-corrected chi connectivity index (χ4v) is 3.02. The van der Waals surface area contributed by atoms with Gasteiger partial charge in [0.1, 0.15) is 5.82 Å². The average Bonchev–Trinajstić information content (AvgIpc) is 3.02. The SMILES string of the molecule is CCOCCn1c(C2CCNCC2)nc2ccccc21.O=C(O)C(=O)O. The summed E-state index contributed by atoms with van der Waals surface area (Å²) in [6.45, 7) is 6.66. The van der Waals surface area contributed by atoms with Gasteiger partial charge in [-0.3, -0.25) is 0 Å². The van der Waals surface area contributed by atoms with Gasteiger partial charge in [-0.1, -0.05) is 12.1 Å². The average molecular weight is 363 g/mol. The lowest BCUT2D eigenvalue weighted by Gasteiger charge is -2.23. The summed E-state index contributed by atoms with van der Waals surface area (Å²) in [6, 6.07) is 8.43. The summed E-state index contributed by atoms with van der Waals surface area (Å²) in [5, 5.41) is 18.2. The molecule has 0 atom stereocenters. The quantitative estimate of drug-likeness (QED) is 0.547. The number of para-hydroxylation sites is 2. The molecule has 0 bridgehead atoms. The van der Waals surface area contributed by atoms with Gasteiger partial charge < -0.3 is 24.8 Å². The molecule has 142 valence electrons. The summed E-state index contributed by atoms with van der Waals surface area (Å²) in [5.41, 5.74) is 2.35. The van der Waals surface area contributed by atoms with Gasteiger partial charge in [-0.05, 0) is 45.0 Å². The number of benzene rings is 1. The molecule has 0 radical (unpaired) electrons. The molecular formula is C18H25N3O5. The molecule has 0 aliphatic carbocycles. The van der Waals surface area contributed by atoms with Crippen LogP contribution in [0.2, 0.25) is 0 Å². The Hall–Kier alpha value is -2.45. The van der Waals surface area contributed by atoms with E-state index < -0.39 is 11.9 Å². The van der Waals surface area contributed by atoms with Crippen LogP contribution in [0.25, 0.3) is 11.0 Å². The maximum Gasteiger partial charge on any atom is 0.414 e. The highest BCUT2D eigenvalue weighted by Gasteiger charge is 2.21. The van der Waals surface area contributed by atoms with Crippen molar-refractivity contribution < 1.29 is 24.5 Å². The largest absolute Gasteiger partial charge is 0.473 e. The van der Waals surface area contributed by atoms with Crippen LogP contribution in [0.4, 0.5) is 0 Å². The minimum Gasteiger partial charge on any atom is -0.473 e. The Bertz CT molecular complexity index is 726. The number of carbonyl (C=O) groups is 2. The molecular weight excluding hydrogens is 338 g/mol. The molecule has 0 amide bonds. The summed E-state index contributed by atoms with van der Waals surface area (Å²) >= 11 is 0. The lowest BCUT2D eigenvalue weighted by Crippen LogP contribution is -2.28. The van der Waals surface area contributed by atoms with Crippen LogP contribution in [0.5, 0.6) is 0 Å². The van der Waals surface area contributed by atoms with E-state index >= 15 is 0 Å². The van der Waals surface area contributed by atoms with Crippen LogP contribution in [0, 0.1) is 0 Å². The molecule has 0 saturated carbocycles. The molecule has 1 aromatic carbocycles. The number of carboxylic acid groups (broad SMARTS) is 2. The highest BCUT2D eigenvalue weighted by Crippen LogP contribution is 2.28. The van der Waals surface area contributed by atoms with E-state index in [1.165, 1.54) is 24.2 Å². The van der Waals surface area contributed by atoms with Crippen LogP contribution >= 0.6 is 0 Å². The first-order valence-electron chi connectivity index (χ1n) is 8.74. The Kier molecular flexibility index (Phi) is 7.55. The van der Waals surface area contributed by atoms with Crippen LogP contribution < -0.4 is 5.32 Å². The van der Waals surface area contributed by atoms with Gasteiger partial charge in [0.2, 0.25) is 0 Å². The zero-order chi connectivity index (χ0) is 18.9. The number of aromatic nitrogens is 2. The standard InChI is InChI=1S/C16H23N3O.C2H2O4/c1-2-20-12-11-19-15-6-4-3-5-14(15)18-16(19)13-7-9-17-10-8-13;3-1(4)2(5)6/h3-6,13,17H,2,7-12H2,1H3;(H,3,4)(H,5,6). The third-order valence-electron chi connectivity index (χ3n) is 4.23. The van der Waals surface area contributed by atoms with Crippen molar-refractivity contribution in [3.8, 4) is 0 Å². The number of piperidine rings is 1. The van der Waals surface area contributed by atoms with E-state index in [2.05, 4.69) is 34.1 Å². The summed E-state index contributed by atoms with van der Waals surface area (Å²) in [7, 11) is 0. The molecule has 1 aliphatic rings. The smallest absolute Gasteiger partial charge is 0.414 e. The van der Waals surface area contributed by atoms with E-state index in [1.54, 1.807) is 0 Å². The Morgan fingerprint density at radius 1 is 1.23 bits per heavy atom. The molecule has 3 rings (SSSR count). The number of aliphatic carboxylic acids is 2. The van der Waals surface area contributed by atoms with Crippen molar-refractivity contribution in [2.75, 3.05) is 26.3 Å². The third kappa shape index (κ3) is 5.27. The molecule has 2 aromatic rings. The number of carboxylic acids is 2. The van der Waals surface area contributed by atoms with Crippen LogP contribution in [-0.2, 0) is 20.9 Å². The summed E-state index contributed by atoms with van der Waals surface area (Å²) in [5.74, 6) is -1.83. The second kappa shape index (κ2) is 9.88. The molecule has 0 spiro atoms. The van der Waals surface area contributed by atoms with Gasteiger partial charge in [0.05, 0.1) is 17.6 Å². The van der Waals surface area contributed by atoms with Gasteiger partial charge in [0.25, 0.3) is 0 Å². The molecule has 0 unspecified atom stereocenters. The third-order valence-corrected chi connectivity index (χ3v) is 4.23. The number of rotatable bonds is 5. The van der Waals surface area contributed by atoms with E-state index in [0.717, 1.165) is 38.4 Å². The monoisotopic (exact) mass is 363 g/mol. The minimum atomic E-state index is -1.82. The predicted molar refractivity (Wildman–Crippen MR) is 96.3 cm³/mol. The van der Waals surface area contributed by atoms with E-state index in [1.807, 2.05) is 6.92 Å². The lowest BCUT2D eigenvalue weighted by atomic mass is 9.97. The zero-order valence-electron chi connectivity index (χ0n) is 14.9. The summed E-state index contributed by atoms with van der Waals surface area (Å²) in [4.78, 5) is 23.1. The van der Waals surface area contributed by atoms with Crippen LogP contribution in [0.3, 0.4) is 0 Å². The molecule has 8 heteroatoms. The first kappa shape index (κ1) is 19.9. The first-order valence-corrected chi connectivity index (χ1v) is 8.74. The van der Waals surface area contributed by atoms with Crippen molar-refractivity contribution in [1.29, 1.82) is 0 Å². The van der Waals surface area contributed by atoms with E-state index in [0.29, 0.717) is 5.92 Å². The molecule has 1 fully saturated rings. The second-order valence-corrected chi connectivity index (χ2v) is 5.94. The zero-order valence-corrected chi connectivity index (χ0v) is 14.9. The van der Waals surface area contributed by atoms with Crippen molar-refractivity contribution in [3.05, 3.63) is 30.1 Å². The minimum absolute atomic E-state index is 0.574. The molecule has 26 heavy (non-hydrogen) atoms. The van der Waals surface area contributed by atoms with Gasteiger partial charge in [-0.2, -0.15) is 0 Å². The van der Waals surface area contributed by atoms with Crippen molar-refractivity contribution >= 4 is 23.0 Å². The van der Waals surface area contributed by atoms with Gasteiger partial charge >= 0.3 is 11.9 Å². The van der Waals surface area contributed by atoms with Gasteiger partial charge in [-0.15, -0.1) is 0 Å². The van der Waals surface area contributed by atoms with Gasteiger partial charge in [0, 0.05) is 19.1 Å². The van der Waals surface area contributed by atoms with Crippen LogP contribution in [0.1, 0.15) is 31.5 Å². The Labute approximate surface area is 151 Å². The van der Waals surface area contributed by atoms with Crippen molar-refractivity contribution in [3.63, 3.8) is 0 Å². The fraction of sp³-hybridized carbons (Fsp3) is 0.500. The highest BCUT2D eigenvalue weighted by atomic mass is 16.5. The second-order valence-electron chi connectivity index (χ2n) is 5.94. The van der Waals surface area contributed by atoms with Crippen LogP contribution in [-0.4, -0.2) is 58.0 Å². The number of hydrogen-bond donors (Lipinski definition) is 3. The summed E-state index contributed by atoms with van der Waals surface area (Å²) < 4.78 is 7.90. The van der Waals surface area contributed by atoms with Gasteiger partial charge in [-0.25, -0.2) is 14.6 Å². The van der Waals surface area contributed by atoms with E-state index in [9.17, 15) is 0 Å². The number of fused-ring (bicyclic) bond motifs is 1. The maximum absolute atomic E-state index is 9.10. The van der Waals surface area contributed by atoms with E-state index in [4.69, 9.17) is 29.5 Å². The van der Waals surface area contributed by atoms with E-state index in [-0.39, 0.29) is 0 Å². The number of ether oxygens (including phenoxy) is 1. The topological polar surface area (TPSA) is 114 Å². The molecule has 2 heterocycles. The lowest BCUT2D eigenvalue weighted by molar-refractivity contribution is -0.159. The Morgan fingerprint density at radius 2 is 1.88 bits per heavy atom. The first-order chi connectivity index (χ1) is 12.5. The molecule has 1 aromatic heterocycles. The fourth-order valence-electron chi connectivity index (χ4n) is 3.02. The molecule has 1 aliphatic heterocycles.